The van der Waals surface area contributed by atoms with Crippen LogP contribution in [0.25, 0.3) is 0 Å². The van der Waals surface area contributed by atoms with Crippen LogP contribution in [0.3, 0.4) is 0 Å². The zero-order chi connectivity index (χ0) is 19.2. The Balaban J connectivity index is 1.47. The first-order valence-electron chi connectivity index (χ1n) is 9.69. The van der Waals surface area contributed by atoms with Crippen LogP contribution in [0, 0.1) is 0 Å². The van der Waals surface area contributed by atoms with Gasteiger partial charge in [-0.25, -0.2) is 0 Å². The van der Waals surface area contributed by atoms with E-state index in [-0.39, 0.29) is 6.04 Å². The molecule has 1 aliphatic rings. The third kappa shape index (κ3) is 4.51. The molecule has 0 aliphatic carbocycles. The van der Waals surface area contributed by atoms with E-state index in [0.717, 1.165) is 36.2 Å². The van der Waals surface area contributed by atoms with Crippen LogP contribution in [0.2, 0.25) is 0 Å². The largest absolute Gasteiger partial charge is 0.294 e. The predicted octanol–water partition coefficient (Wildman–Crippen LogP) is 5.19. The molecule has 142 valence electrons. The lowest BCUT2D eigenvalue weighted by Gasteiger charge is -2.38. The van der Waals surface area contributed by atoms with Crippen LogP contribution < -0.4 is 0 Å². The second-order valence-electron chi connectivity index (χ2n) is 6.98. The summed E-state index contributed by atoms with van der Waals surface area (Å²) >= 11 is 3.58. The Morgan fingerprint density at radius 2 is 1.25 bits per heavy atom. The molecule has 0 atom stereocenters. The molecule has 0 radical (unpaired) electrons. The lowest BCUT2D eigenvalue weighted by Crippen LogP contribution is -2.45. The van der Waals surface area contributed by atoms with E-state index in [2.05, 4.69) is 92.6 Å². The summed E-state index contributed by atoms with van der Waals surface area (Å²) in [7, 11) is 0. The molecule has 0 saturated carbocycles. The highest BCUT2D eigenvalue weighted by Gasteiger charge is 2.25. The van der Waals surface area contributed by atoms with Gasteiger partial charge in [0.25, 0.3) is 0 Å². The van der Waals surface area contributed by atoms with Crippen molar-refractivity contribution in [2.45, 2.75) is 6.04 Å². The molecular weight excluding hydrogens is 410 g/mol. The van der Waals surface area contributed by atoms with E-state index in [1.807, 2.05) is 24.4 Å². The van der Waals surface area contributed by atoms with Gasteiger partial charge in [0.2, 0.25) is 0 Å². The summed E-state index contributed by atoms with van der Waals surface area (Å²) in [6, 6.07) is 30.1. The Bertz CT molecular complexity index is 864. The quantitative estimate of drug-likeness (QED) is 0.515. The Kier molecular flexibility index (Phi) is 6.20. The maximum absolute atomic E-state index is 4.71. The van der Waals surface area contributed by atoms with Gasteiger partial charge in [0.1, 0.15) is 0 Å². The molecule has 1 heterocycles. The molecule has 1 saturated heterocycles. The van der Waals surface area contributed by atoms with Gasteiger partial charge in [-0.1, -0.05) is 94.8 Å². The third-order valence-electron chi connectivity index (χ3n) is 5.15. The highest BCUT2D eigenvalue weighted by Crippen LogP contribution is 2.29. The summed E-state index contributed by atoms with van der Waals surface area (Å²) < 4.78 is 1.07. The average Bonchev–Trinajstić information content (AvgIpc) is 2.76. The van der Waals surface area contributed by atoms with Crippen molar-refractivity contribution in [2.24, 2.45) is 5.10 Å². The normalized spacial score (nSPS) is 15.4. The van der Waals surface area contributed by atoms with Crippen LogP contribution in [-0.4, -0.2) is 42.3 Å². The van der Waals surface area contributed by atoms with Crippen molar-refractivity contribution in [3.05, 3.63) is 106 Å². The van der Waals surface area contributed by atoms with Gasteiger partial charge in [-0.05, 0) is 17.2 Å². The number of hydrogen-bond donors (Lipinski definition) is 0. The summed E-state index contributed by atoms with van der Waals surface area (Å²) in [4.78, 5) is 2.56. The molecule has 3 aromatic rings. The minimum atomic E-state index is 0.289. The summed E-state index contributed by atoms with van der Waals surface area (Å²) in [5, 5.41) is 6.87. The molecule has 3 nitrogen and oxygen atoms in total. The number of piperazine rings is 1. The predicted molar refractivity (Wildman–Crippen MR) is 120 cm³/mol. The minimum absolute atomic E-state index is 0.289. The minimum Gasteiger partial charge on any atom is -0.294 e. The first-order chi connectivity index (χ1) is 13.8. The molecule has 28 heavy (non-hydrogen) atoms. The lowest BCUT2D eigenvalue weighted by atomic mass is 9.96. The zero-order valence-electron chi connectivity index (χ0n) is 15.8. The maximum atomic E-state index is 4.71. The second-order valence-corrected chi connectivity index (χ2v) is 7.83. The standard InChI is InChI=1S/C24H24BrN3/c25-23-14-8-7-13-22(23)19-26-28-17-15-27(16-18-28)24(20-9-3-1-4-10-20)21-11-5-2-6-12-21/h1-14,19,24H,15-18H2/b26-19-. The van der Waals surface area contributed by atoms with Gasteiger partial charge in [0.15, 0.2) is 0 Å². The van der Waals surface area contributed by atoms with Gasteiger partial charge in [-0.3, -0.25) is 9.91 Å². The first kappa shape index (κ1) is 18.9. The molecule has 0 amide bonds. The number of hydrogen-bond acceptors (Lipinski definition) is 3. The molecule has 3 aromatic carbocycles. The molecule has 0 bridgehead atoms. The fourth-order valence-electron chi connectivity index (χ4n) is 3.69. The van der Waals surface area contributed by atoms with E-state index in [9.17, 15) is 0 Å². The molecule has 0 unspecified atom stereocenters. The Hall–Kier alpha value is -2.43. The number of nitrogens with zero attached hydrogens (tertiary/aromatic N) is 3. The second kappa shape index (κ2) is 9.18. The van der Waals surface area contributed by atoms with E-state index < -0.39 is 0 Å². The van der Waals surface area contributed by atoms with E-state index in [4.69, 9.17) is 5.10 Å². The third-order valence-corrected chi connectivity index (χ3v) is 5.87. The molecule has 4 rings (SSSR count). The molecule has 0 aromatic heterocycles. The fraction of sp³-hybridized carbons (Fsp3) is 0.208. The number of hydrazone groups is 1. The maximum Gasteiger partial charge on any atom is 0.0603 e. The summed E-state index contributed by atoms with van der Waals surface area (Å²) in [6.07, 6.45) is 1.95. The molecule has 0 spiro atoms. The van der Waals surface area contributed by atoms with Gasteiger partial charge in [-0.2, -0.15) is 5.10 Å². The van der Waals surface area contributed by atoms with Crippen molar-refractivity contribution >= 4 is 22.1 Å². The van der Waals surface area contributed by atoms with E-state index in [1.165, 1.54) is 11.1 Å². The molecule has 0 N–H and O–H groups in total. The fourth-order valence-corrected chi connectivity index (χ4v) is 4.08. The molecule has 1 fully saturated rings. The van der Waals surface area contributed by atoms with Crippen molar-refractivity contribution in [3.8, 4) is 0 Å². The van der Waals surface area contributed by atoms with Crippen molar-refractivity contribution in [1.29, 1.82) is 0 Å². The van der Waals surface area contributed by atoms with Gasteiger partial charge >= 0.3 is 0 Å². The lowest BCUT2D eigenvalue weighted by molar-refractivity contribution is 0.113. The number of halogens is 1. The zero-order valence-corrected chi connectivity index (χ0v) is 17.4. The SMILES string of the molecule is Brc1ccccc1/C=N\N1CCN(C(c2ccccc2)c2ccccc2)CC1. The van der Waals surface area contributed by atoms with Crippen molar-refractivity contribution in [1.82, 2.24) is 9.91 Å². The number of rotatable bonds is 5. The summed E-state index contributed by atoms with van der Waals surface area (Å²) in [5.74, 6) is 0. The average molecular weight is 434 g/mol. The topological polar surface area (TPSA) is 18.8 Å². The Morgan fingerprint density at radius 3 is 1.82 bits per heavy atom. The van der Waals surface area contributed by atoms with Gasteiger partial charge < -0.3 is 0 Å². The summed E-state index contributed by atoms with van der Waals surface area (Å²) in [5.41, 5.74) is 3.80. The van der Waals surface area contributed by atoms with E-state index in [0.29, 0.717) is 0 Å². The van der Waals surface area contributed by atoms with E-state index in [1.54, 1.807) is 0 Å². The Labute approximate surface area is 175 Å². The highest BCUT2D eigenvalue weighted by molar-refractivity contribution is 9.10. The molecular formula is C24H24BrN3. The Morgan fingerprint density at radius 1 is 0.714 bits per heavy atom. The van der Waals surface area contributed by atoms with Crippen molar-refractivity contribution in [3.63, 3.8) is 0 Å². The van der Waals surface area contributed by atoms with Crippen LogP contribution in [0.1, 0.15) is 22.7 Å². The van der Waals surface area contributed by atoms with Crippen LogP contribution in [0.15, 0.2) is 94.5 Å². The van der Waals surface area contributed by atoms with Crippen LogP contribution in [0.5, 0.6) is 0 Å². The van der Waals surface area contributed by atoms with Crippen LogP contribution >= 0.6 is 15.9 Å². The molecule has 4 heteroatoms. The van der Waals surface area contributed by atoms with Crippen LogP contribution in [0.4, 0.5) is 0 Å². The van der Waals surface area contributed by atoms with Gasteiger partial charge in [0.05, 0.1) is 12.3 Å². The van der Waals surface area contributed by atoms with Gasteiger partial charge in [-0.15, -0.1) is 0 Å². The van der Waals surface area contributed by atoms with Crippen molar-refractivity contribution in [2.75, 3.05) is 26.2 Å². The van der Waals surface area contributed by atoms with Crippen LogP contribution in [-0.2, 0) is 0 Å². The first-order valence-corrected chi connectivity index (χ1v) is 10.5. The smallest absolute Gasteiger partial charge is 0.0603 e. The van der Waals surface area contributed by atoms with Gasteiger partial charge in [0, 0.05) is 36.2 Å². The summed E-state index contributed by atoms with van der Waals surface area (Å²) in [6.45, 7) is 3.83. The van der Waals surface area contributed by atoms with E-state index >= 15 is 0 Å². The molecule has 1 aliphatic heterocycles. The van der Waals surface area contributed by atoms with Crippen molar-refractivity contribution < 1.29 is 0 Å². The monoisotopic (exact) mass is 433 g/mol. The highest BCUT2D eigenvalue weighted by atomic mass is 79.9. The number of benzene rings is 3.